The van der Waals surface area contributed by atoms with Crippen LogP contribution in [-0.4, -0.2) is 43.1 Å². The minimum absolute atomic E-state index is 0. The van der Waals surface area contributed by atoms with Gasteiger partial charge in [-0.1, -0.05) is 24.3 Å². The molecule has 0 aliphatic carbocycles. The van der Waals surface area contributed by atoms with E-state index in [2.05, 4.69) is 65.6 Å². The molecule has 124 valence electrons. The second kappa shape index (κ2) is 10.0. The van der Waals surface area contributed by atoms with E-state index >= 15 is 0 Å². The summed E-state index contributed by atoms with van der Waals surface area (Å²) < 4.78 is 0. The molecule has 0 amide bonds. The number of nitrogens with one attached hydrogen (secondary N) is 2. The molecule has 0 saturated heterocycles. The van der Waals surface area contributed by atoms with Crippen LogP contribution < -0.4 is 10.6 Å². The van der Waals surface area contributed by atoms with Gasteiger partial charge in [0.1, 0.15) is 0 Å². The number of guanidine groups is 1. The number of rotatable bonds is 5. The standard InChI is InChI=1S/C17H28N4.HI/c1-4-18-17(19-5-2)20-12-14(3)21-11-10-15-8-6-7-9-16(15)13-21;/h6-9,14H,4-5,10-13H2,1-3H3,(H2,18,19,20);1H. The molecule has 1 aromatic rings. The molecule has 1 atom stereocenters. The Labute approximate surface area is 151 Å². The van der Waals surface area contributed by atoms with Gasteiger partial charge in [0.05, 0.1) is 6.54 Å². The van der Waals surface area contributed by atoms with Crippen molar-refractivity contribution in [1.82, 2.24) is 15.5 Å². The Morgan fingerprint density at radius 3 is 2.45 bits per heavy atom. The van der Waals surface area contributed by atoms with Crippen molar-refractivity contribution in [3.63, 3.8) is 0 Å². The molecule has 0 radical (unpaired) electrons. The third-order valence-electron chi connectivity index (χ3n) is 3.99. The van der Waals surface area contributed by atoms with Crippen LogP contribution in [0.5, 0.6) is 0 Å². The van der Waals surface area contributed by atoms with Crippen LogP contribution in [0.25, 0.3) is 0 Å². The van der Waals surface area contributed by atoms with Gasteiger partial charge in [-0.25, -0.2) is 0 Å². The Hall–Kier alpha value is -0.820. The summed E-state index contributed by atoms with van der Waals surface area (Å²) in [6.45, 7) is 11.3. The third kappa shape index (κ3) is 5.43. The lowest BCUT2D eigenvalue weighted by molar-refractivity contribution is 0.195. The zero-order valence-corrected chi connectivity index (χ0v) is 16.3. The van der Waals surface area contributed by atoms with Gasteiger partial charge in [-0.2, -0.15) is 0 Å². The Bertz CT molecular complexity index is 467. The third-order valence-corrected chi connectivity index (χ3v) is 3.99. The molecule has 5 heteroatoms. The van der Waals surface area contributed by atoms with Crippen LogP contribution in [-0.2, 0) is 13.0 Å². The van der Waals surface area contributed by atoms with Crippen LogP contribution in [0.1, 0.15) is 31.9 Å². The molecule has 1 aromatic carbocycles. The summed E-state index contributed by atoms with van der Waals surface area (Å²) in [5, 5.41) is 6.56. The maximum absolute atomic E-state index is 4.69. The van der Waals surface area contributed by atoms with Crippen LogP contribution in [0.4, 0.5) is 0 Å². The summed E-state index contributed by atoms with van der Waals surface area (Å²) in [4.78, 5) is 7.22. The molecule has 1 aliphatic rings. The van der Waals surface area contributed by atoms with Crippen molar-refractivity contribution in [1.29, 1.82) is 0 Å². The maximum Gasteiger partial charge on any atom is 0.191 e. The number of fused-ring (bicyclic) bond motifs is 1. The van der Waals surface area contributed by atoms with Gasteiger partial charge < -0.3 is 10.6 Å². The summed E-state index contributed by atoms with van der Waals surface area (Å²) in [7, 11) is 0. The lowest BCUT2D eigenvalue weighted by atomic mass is 9.99. The molecule has 0 bridgehead atoms. The molecule has 2 N–H and O–H groups in total. The van der Waals surface area contributed by atoms with Crippen molar-refractivity contribution in [3.05, 3.63) is 35.4 Å². The van der Waals surface area contributed by atoms with Gasteiger partial charge in [-0.05, 0) is 38.3 Å². The van der Waals surface area contributed by atoms with Crippen LogP contribution in [0.3, 0.4) is 0 Å². The summed E-state index contributed by atoms with van der Waals surface area (Å²) in [6.07, 6.45) is 1.15. The van der Waals surface area contributed by atoms with Gasteiger partial charge in [0, 0.05) is 32.2 Å². The lowest BCUT2D eigenvalue weighted by Gasteiger charge is -2.33. The van der Waals surface area contributed by atoms with E-state index in [4.69, 9.17) is 0 Å². The van der Waals surface area contributed by atoms with E-state index in [1.165, 1.54) is 11.1 Å². The largest absolute Gasteiger partial charge is 0.357 e. The molecule has 22 heavy (non-hydrogen) atoms. The molecule has 1 unspecified atom stereocenters. The Balaban J connectivity index is 0.00000242. The van der Waals surface area contributed by atoms with Crippen LogP contribution in [0, 0.1) is 0 Å². The molecular weight excluding hydrogens is 387 g/mol. The van der Waals surface area contributed by atoms with Crippen molar-refractivity contribution < 1.29 is 0 Å². The minimum atomic E-state index is 0. The highest BCUT2D eigenvalue weighted by atomic mass is 127. The molecule has 2 rings (SSSR count). The Kier molecular flexibility index (Phi) is 8.78. The highest BCUT2D eigenvalue weighted by molar-refractivity contribution is 14.0. The highest BCUT2D eigenvalue weighted by Gasteiger charge is 2.20. The first kappa shape index (κ1) is 19.2. The number of hydrogen-bond acceptors (Lipinski definition) is 2. The Morgan fingerprint density at radius 2 is 1.82 bits per heavy atom. The second-order valence-corrected chi connectivity index (χ2v) is 5.59. The summed E-state index contributed by atoms with van der Waals surface area (Å²) in [6, 6.07) is 9.25. The first-order valence-corrected chi connectivity index (χ1v) is 8.07. The molecular formula is C17H29IN4. The molecule has 0 saturated carbocycles. The second-order valence-electron chi connectivity index (χ2n) is 5.59. The van der Waals surface area contributed by atoms with E-state index in [-0.39, 0.29) is 24.0 Å². The normalized spacial score (nSPS) is 15.2. The van der Waals surface area contributed by atoms with E-state index < -0.39 is 0 Å². The quantitative estimate of drug-likeness (QED) is 0.441. The van der Waals surface area contributed by atoms with Gasteiger partial charge in [0.2, 0.25) is 0 Å². The predicted molar refractivity (Wildman–Crippen MR) is 105 cm³/mol. The van der Waals surface area contributed by atoms with E-state index in [0.29, 0.717) is 6.04 Å². The van der Waals surface area contributed by atoms with E-state index in [0.717, 1.165) is 45.1 Å². The van der Waals surface area contributed by atoms with Crippen molar-refractivity contribution in [3.8, 4) is 0 Å². The lowest BCUT2D eigenvalue weighted by Crippen LogP contribution is -2.41. The number of hydrogen-bond donors (Lipinski definition) is 2. The number of nitrogens with zero attached hydrogens (tertiary/aromatic N) is 2. The van der Waals surface area contributed by atoms with E-state index in [1.807, 2.05) is 0 Å². The van der Waals surface area contributed by atoms with Gasteiger partial charge >= 0.3 is 0 Å². The number of benzene rings is 1. The molecule has 0 aromatic heterocycles. The topological polar surface area (TPSA) is 39.7 Å². The molecule has 0 fully saturated rings. The summed E-state index contributed by atoms with van der Waals surface area (Å²) in [5.74, 6) is 0.921. The molecule has 0 spiro atoms. The van der Waals surface area contributed by atoms with Gasteiger partial charge in [0.25, 0.3) is 0 Å². The summed E-state index contributed by atoms with van der Waals surface area (Å²) >= 11 is 0. The predicted octanol–water partition coefficient (Wildman–Crippen LogP) is 2.63. The van der Waals surface area contributed by atoms with Crippen LogP contribution >= 0.6 is 24.0 Å². The first-order valence-electron chi connectivity index (χ1n) is 8.07. The van der Waals surface area contributed by atoms with E-state index in [1.54, 1.807) is 0 Å². The average molecular weight is 416 g/mol. The maximum atomic E-state index is 4.69. The smallest absolute Gasteiger partial charge is 0.191 e. The van der Waals surface area contributed by atoms with Crippen LogP contribution in [0.15, 0.2) is 29.3 Å². The fourth-order valence-electron chi connectivity index (χ4n) is 2.74. The molecule has 1 aliphatic heterocycles. The van der Waals surface area contributed by atoms with E-state index in [9.17, 15) is 0 Å². The fourth-order valence-corrected chi connectivity index (χ4v) is 2.74. The number of halogens is 1. The molecule has 1 heterocycles. The zero-order valence-electron chi connectivity index (χ0n) is 13.9. The monoisotopic (exact) mass is 416 g/mol. The first-order chi connectivity index (χ1) is 10.2. The average Bonchev–Trinajstić information content (AvgIpc) is 2.52. The summed E-state index contributed by atoms with van der Waals surface area (Å²) in [5.41, 5.74) is 2.98. The zero-order chi connectivity index (χ0) is 15.1. The Morgan fingerprint density at radius 1 is 1.18 bits per heavy atom. The van der Waals surface area contributed by atoms with Gasteiger partial charge in [0.15, 0.2) is 5.96 Å². The number of aliphatic imine (C=N–C) groups is 1. The highest BCUT2D eigenvalue weighted by Crippen LogP contribution is 2.20. The van der Waals surface area contributed by atoms with Crippen molar-refractivity contribution >= 4 is 29.9 Å². The van der Waals surface area contributed by atoms with Gasteiger partial charge in [-0.3, -0.25) is 9.89 Å². The van der Waals surface area contributed by atoms with Crippen LogP contribution in [0.2, 0.25) is 0 Å². The molecule has 4 nitrogen and oxygen atoms in total. The fraction of sp³-hybridized carbons (Fsp3) is 0.588. The SMILES string of the molecule is CCNC(=NCC(C)N1CCc2ccccc2C1)NCC.I. The van der Waals surface area contributed by atoms with Crippen molar-refractivity contribution in [2.75, 3.05) is 26.2 Å². The minimum Gasteiger partial charge on any atom is -0.357 e. The van der Waals surface area contributed by atoms with Gasteiger partial charge in [-0.15, -0.1) is 24.0 Å². The van der Waals surface area contributed by atoms with Crippen molar-refractivity contribution in [2.45, 2.75) is 39.8 Å². The van der Waals surface area contributed by atoms with Crippen molar-refractivity contribution in [2.24, 2.45) is 4.99 Å².